The van der Waals surface area contributed by atoms with Gasteiger partial charge in [-0.3, -0.25) is 14.5 Å². The molecule has 8 heteroatoms. The first kappa shape index (κ1) is 24.0. The molecule has 2 fully saturated rings. The van der Waals surface area contributed by atoms with Gasteiger partial charge in [-0.25, -0.2) is 0 Å². The number of hydrogen-bond acceptors (Lipinski definition) is 6. The number of benzene rings is 2. The molecule has 2 aromatic rings. The summed E-state index contributed by atoms with van der Waals surface area (Å²) in [6.45, 7) is 2.64. The Balaban J connectivity index is 1.24. The Morgan fingerprint density at radius 3 is 2.24 bits per heavy atom. The van der Waals surface area contributed by atoms with Gasteiger partial charge in [0.05, 0.1) is 20.3 Å². The number of piperazine rings is 1. The number of rotatable bonds is 10. The molecule has 3 atom stereocenters. The van der Waals surface area contributed by atoms with E-state index in [2.05, 4.69) is 20.9 Å². The van der Waals surface area contributed by atoms with Crippen LogP contribution in [-0.4, -0.2) is 62.1 Å². The van der Waals surface area contributed by atoms with Crippen molar-refractivity contribution in [3.8, 4) is 11.5 Å². The minimum atomic E-state index is -0.130. The quantitative estimate of drug-likeness (QED) is 0.495. The Bertz CT molecular complexity index is 964. The van der Waals surface area contributed by atoms with Crippen LogP contribution in [-0.2, 0) is 22.7 Å². The molecule has 0 aromatic heterocycles. The van der Waals surface area contributed by atoms with Crippen molar-refractivity contribution < 1.29 is 19.1 Å². The van der Waals surface area contributed by atoms with Gasteiger partial charge in [-0.1, -0.05) is 24.3 Å². The van der Waals surface area contributed by atoms with E-state index in [4.69, 9.17) is 9.47 Å². The number of methoxy groups -OCH3 is 2. The van der Waals surface area contributed by atoms with E-state index >= 15 is 0 Å². The largest absolute Gasteiger partial charge is 0.497 e. The fourth-order valence-electron chi connectivity index (χ4n) is 4.73. The summed E-state index contributed by atoms with van der Waals surface area (Å²) in [5.74, 6) is 1.76. The molecule has 3 unspecified atom stereocenters. The van der Waals surface area contributed by atoms with Gasteiger partial charge in [0.2, 0.25) is 11.8 Å². The molecular formula is C26H34N4O4. The van der Waals surface area contributed by atoms with Crippen LogP contribution in [0.3, 0.4) is 0 Å². The van der Waals surface area contributed by atoms with Crippen LogP contribution in [0.1, 0.15) is 30.4 Å². The van der Waals surface area contributed by atoms with Crippen LogP contribution in [0.2, 0.25) is 0 Å². The lowest BCUT2D eigenvalue weighted by atomic mass is 10.0. The first-order chi connectivity index (χ1) is 16.6. The highest BCUT2D eigenvalue weighted by molar-refractivity contribution is 5.83. The maximum absolute atomic E-state index is 12.5. The maximum Gasteiger partial charge on any atom is 0.237 e. The third kappa shape index (κ3) is 6.07. The predicted octanol–water partition coefficient (Wildman–Crippen LogP) is 1.83. The molecule has 2 saturated heterocycles. The number of hydrogen-bond donors (Lipinski definition) is 3. The van der Waals surface area contributed by atoms with Crippen molar-refractivity contribution in [2.24, 2.45) is 0 Å². The summed E-state index contributed by atoms with van der Waals surface area (Å²) in [5, 5.41) is 9.62. The molecule has 2 heterocycles. The third-order valence-electron chi connectivity index (χ3n) is 6.73. The molecular weight excluding hydrogens is 432 g/mol. The van der Waals surface area contributed by atoms with Gasteiger partial charge < -0.3 is 25.4 Å². The van der Waals surface area contributed by atoms with Crippen LogP contribution in [0, 0.1) is 0 Å². The molecule has 0 bridgehead atoms. The van der Waals surface area contributed by atoms with Crippen molar-refractivity contribution in [1.29, 1.82) is 0 Å². The van der Waals surface area contributed by atoms with Crippen LogP contribution < -0.4 is 25.4 Å². The van der Waals surface area contributed by atoms with E-state index in [1.165, 1.54) is 5.56 Å². The van der Waals surface area contributed by atoms with Crippen LogP contribution in [0.5, 0.6) is 11.5 Å². The fourth-order valence-corrected chi connectivity index (χ4v) is 4.73. The van der Waals surface area contributed by atoms with Crippen LogP contribution >= 0.6 is 0 Å². The molecule has 2 aliphatic heterocycles. The summed E-state index contributed by atoms with van der Waals surface area (Å²) in [6.07, 6.45) is 1.93. The molecule has 0 aliphatic carbocycles. The molecule has 2 aliphatic rings. The standard InChI is InChI=1S/C26H34N4O4/c1-33-22-8-3-18(4-9-22)14-27-20-13-24-26(32)29-16-21(30(24)17-20)7-12-25(31)28-15-19-5-10-23(34-2)11-6-19/h3-6,8-11,20-21,24,27H,7,12-17H2,1-2H3,(H,28,31)(H,29,32). The van der Waals surface area contributed by atoms with Crippen molar-refractivity contribution in [3.63, 3.8) is 0 Å². The second-order valence-electron chi connectivity index (χ2n) is 8.94. The van der Waals surface area contributed by atoms with Crippen LogP contribution in [0.4, 0.5) is 0 Å². The van der Waals surface area contributed by atoms with Gasteiger partial charge in [0.15, 0.2) is 0 Å². The molecule has 0 saturated carbocycles. The molecule has 2 amide bonds. The number of ether oxygens (including phenoxy) is 2. The monoisotopic (exact) mass is 466 g/mol. The Hall–Kier alpha value is -3.10. The van der Waals surface area contributed by atoms with E-state index in [0.717, 1.165) is 43.0 Å². The summed E-state index contributed by atoms with van der Waals surface area (Å²) < 4.78 is 10.4. The third-order valence-corrected chi connectivity index (χ3v) is 6.73. The van der Waals surface area contributed by atoms with E-state index < -0.39 is 0 Å². The van der Waals surface area contributed by atoms with Crippen molar-refractivity contribution >= 4 is 11.8 Å². The lowest BCUT2D eigenvalue weighted by molar-refractivity contribution is -0.129. The molecule has 0 radical (unpaired) electrons. The van der Waals surface area contributed by atoms with Crippen molar-refractivity contribution in [1.82, 2.24) is 20.9 Å². The molecule has 3 N–H and O–H groups in total. The highest BCUT2D eigenvalue weighted by atomic mass is 16.5. The summed E-state index contributed by atoms with van der Waals surface area (Å²) in [7, 11) is 3.29. The maximum atomic E-state index is 12.5. The zero-order chi connectivity index (χ0) is 23.9. The number of fused-ring (bicyclic) bond motifs is 1. The molecule has 34 heavy (non-hydrogen) atoms. The SMILES string of the molecule is COc1ccc(CNC(=O)CCC2CNC(=O)C3CC(NCc4ccc(OC)cc4)CN23)cc1. The normalized spacial score (nSPS) is 22.1. The van der Waals surface area contributed by atoms with Crippen molar-refractivity contribution in [3.05, 3.63) is 59.7 Å². The van der Waals surface area contributed by atoms with Crippen molar-refractivity contribution in [2.75, 3.05) is 27.3 Å². The van der Waals surface area contributed by atoms with Gasteiger partial charge in [-0.2, -0.15) is 0 Å². The van der Waals surface area contributed by atoms with Crippen LogP contribution in [0.15, 0.2) is 48.5 Å². The fraction of sp³-hybridized carbons (Fsp3) is 0.462. The molecule has 182 valence electrons. The second-order valence-corrected chi connectivity index (χ2v) is 8.94. The highest BCUT2D eigenvalue weighted by Crippen LogP contribution is 2.26. The van der Waals surface area contributed by atoms with Gasteiger partial charge in [0, 0.05) is 44.7 Å². The van der Waals surface area contributed by atoms with E-state index in [-0.39, 0.29) is 29.9 Å². The second kappa shape index (κ2) is 11.4. The van der Waals surface area contributed by atoms with Crippen LogP contribution in [0.25, 0.3) is 0 Å². The van der Waals surface area contributed by atoms with E-state index in [1.54, 1.807) is 14.2 Å². The van der Waals surface area contributed by atoms with Gasteiger partial charge in [-0.15, -0.1) is 0 Å². The lowest BCUT2D eigenvalue weighted by Crippen LogP contribution is -2.58. The summed E-state index contributed by atoms with van der Waals surface area (Å²) in [5.41, 5.74) is 2.21. The molecule has 2 aromatic carbocycles. The molecule has 8 nitrogen and oxygen atoms in total. The minimum Gasteiger partial charge on any atom is -0.497 e. The number of amides is 2. The summed E-state index contributed by atoms with van der Waals surface area (Å²) in [6, 6.07) is 16.0. The average Bonchev–Trinajstić information content (AvgIpc) is 3.32. The smallest absolute Gasteiger partial charge is 0.237 e. The van der Waals surface area contributed by atoms with Crippen molar-refractivity contribution in [2.45, 2.75) is 50.5 Å². The Morgan fingerprint density at radius 1 is 1.00 bits per heavy atom. The average molecular weight is 467 g/mol. The van der Waals surface area contributed by atoms with E-state index in [0.29, 0.717) is 19.5 Å². The first-order valence-electron chi connectivity index (χ1n) is 11.8. The van der Waals surface area contributed by atoms with Gasteiger partial charge in [0.1, 0.15) is 11.5 Å². The Kier molecular flexibility index (Phi) is 8.03. The van der Waals surface area contributed by atoms with E-state index in [1.807, 2.05) is 48.5 Å². The highest BCUT2D eigenvalue weighted by Gasteiger charge is 2.43. The van der Waals surface area contributed by atoms with E-state index in [9.17, 15) is 9.59 Å². The number of nitrogens with zero attached hydrogens (tertiary/aromatic N) is 1. The lowest BCUT2D eigenvalue weighted by Gasteiger charge is -2.37. The minimum absolute atomic E-state index is 0.0256. The van der Waals surface area contributed by atoms with Gasteiger partial charge in [-0.05, 0) is 48.2 Å². The Labute approximate surface area is 201 Å². The number of carbonyl (C=O) groups is 2. The topological polar surface area (TPSA) is 91.9 Å². The summed E-state index contributed by atoms with van der Waals surface area (Å²) in [4.78, 5) is 27.2. The molecule has 4 rings (SSSR count). The number of nitrogens with one attached hydrogen (secondary N) is 3. The van der Waals surface area contributed by atoms with Gasteiger partial charge in [0.25, 0.3) is 0 Å². The van der Waals surface area contributed by atoms with Gasteiger partial charge >= 0.3 is 0 Å². The zero-order valence-corrected chi connectivity index (χ0v) is 19.9. The predicted molar refractivity (Wildman–Crippen MR) is 130 cm³/mol. The number of carbonyl (C=O) groups excluding carboxylic acids is 2. The zero-order valence-electron chi connectivity index (χ0n) is 19.9. The first-order valence-corrected chi connectivity index (χ1v) is 11.8. The Morgan fingerprint density at radius 2 is 1.62 bits per heavy atom. The molecule has 0 spiro atoms. The summed E-state index contributed by atoms with van der Waals surface area (Å²) >= 11 is 0.